The Bertz CT molecular complexity index is 830. The van der Waals surface area contributed by atoms with Gasteiger partial charge in [0.15, 0.2) is 5.60 Å². The topological polar surface area (TPSA) is 94.8 Å². The number of aliphatic carboxylic acids is 2. The minimum atomic E-state index is -4.44. The first-order valence-corrected chi connectivity index (χ1v) is 7.95. The summed E-state index contributed by atoms with van der Waals surface area (Å²) in [5, 5.41) is 27.7. The zero-order valence-corrected chi connectivity index (χ0v) is 14.0. The van der Waals surface area contributed by atoms with Crippen molar-refractivity contribution in [3.05, 3.63) is 59.7 Å². The number of aryl methyl sites for hydroxylation is 1. The molecule has 0 aliphatic carbocycles. The van der Waals surface area contributed by atoms with Gasteiger partial charge in [-0.1, -0.05) is 36.4 Å². The number of hydrogen-bond acceptors (Lipinski definition) is 3. The van der Waals surface area contributed by atoms with Gasteiger partial charge in [0.2, 0.25) is 0 Å². The van der Waals surface area contributed by atoms with Gasteiger partial charge in [0.25, 0.3) is 0 Å². The highest BCUT2D eigenvalue weighted by Crippen LogP contribution is 2.32. The molecule has 2 rings (SSSR count). The van der Waals surface area contributed by atoms with Gasteiger partial charge in [-0.05, 0) is 41.7 Å². The lowest BCUT2D eigenvalue weighted by molar-refractivity contribution is -0.166. The summed E-state index contributed by atoms with van der Waals surface area (Å²) in [6, 6.07) is 11.2. The van der Waals surface area contributed by atoms with Crippen LogP contribution >= 0.6 is 0 Å². The smallest absolute Gasteiger partial charge is 0.416 e. The fraction of sp³-hybridized carbons (Fsp3) is 0.263. The highest BCUT2D eigenvalue weighted by atomic mass is 19.4. The van der Waals surface area contributed by atoms with Crippen LogP contribution in [0.4, 0.5) is 13.2 Å². The van der Waals surface area contributed by atoms with Crippen LogP contribution in [0.2, 0.25) is 0 Å². The standard InChI is InChI=1S/C19H17F3O5/c20-19(21,22)15-3-1-2-14(10-15)13-6-4-12(5-7-13)8-9-18(27,17(25)26)11-16(23)24/h1-7,10,27H,8-9,11H2,(H,23,24)(H,25,26). The van der Waals surface area contributed by atoms with Gasteiger partial charge in [-0.25, -0.2) is 4.79 Å². The summed E-state index contributed by atoms with van der Waals surface area (Å²) in [5.41, 5.74) is -1.60. The van der Waals surface area contributed by atoms with E-state index in [1.54, 1.807) is 30.3 Å². The molecule has 5 nitrogen and oxygen atoms in total. The van der Waals surface area contributed by atoms with E-state index in [1.807, 2.05) is 0 Å². The lowest BCUT2D eigenvalue weighted by Crippen LogP contribution is -2.41. The Morgan fingerprint density at radius 2 is 1.56 bits per heavy atom. The second-order valence-electron chi connectivity index (χ2n) is 6.18. The third kappa shape index (κ3) is 5.30. The zero-order chi connectivity index (χ0) is 20.2. The average Bonchev–Trinajstić information content (AvgIpc) is 2.59. The fourth-order valence-corrected chi connectivity index (χ4v) is 2.61. The van der Waals surface area contributed by atoms with Crippen molar-refractivity contribution in [1.29, 1.82) is 0 Å². The third-order valence-electron chi connectivity index (χ3n) is 4.15. The second kappa shape index (κ2) is 7.79. The Kier molecular flexibility index (Phi) is 5.90. The van der Waals surface area contributed by atoms with Crippen LogP contribution in [0.15, 0.2) is 48.5 Å². The zero-order valence-electron chi connectivity index (χ0n) is 14.0. The van der Waals surface area contributed by atoms with Crippen LogP contribution in [-0.2, 0) is 22.2 Å². The summed E-state index contributed by atoms with van der Waals surface area (Å²) in [6.45, 7) is 0. The summed E-state index contributed by atoms with van der Waals surface area (Å²) in [5.74, 6) is -3.05. The second-order valence-corrected chi connectivity index (χ2v) is 6.18. The minimum absolute atomic E-state index is 0.0962. The van der Waals surface area contributed by atoms with E-state index >= 15 is 0 Å². The van der Waals surface area contributed by atoms with Crippen LogP contribution in [0.5, 0.6) is 0 Å². The predicted molar refractivity (Wildman–Crippen MR) is 90.0 cm³/mol. The quantitative estimate of drug-likeness (QED) is 0.680. The van der Waals surface area contributed by atoms with E-state index < -0.39 is 35.7 Å². The molecule has 0 heterocycles. The number of carbonyl (C=O) groups is 2. The Labute approximate surface area is 152 Å². The van der Waals surface area contributed by atoms with E-state index in [0.717, 1.165) is 12.1 Å². The van der Waals surface area contributed by atoms with Crippen LogP contribution in [0.1, 0.15) is 24.0 Å². The van der Waals surface area contributed by atoms with Gasteiger partial charge in [0.05, 0.1) is 12.0 Å². The van der Waals surface area contributed by atoms with Crippen molar-refractivity contribution < 1.29 is 38.1 Å². The molecule has 8 heteroatoms. The van der Waals surface area contributed by atoms with Gasteiger partial charge in [-0.2, -0.15) is 13.2 Å². The number of halogens is 3. The molecule has 0 aliphatic rings. The number of rotatable bonds is 7. The largest absolute Gasteiger partial charge is 0.481 e. The summed E-state index contributed by atoms with van der Waals surface area (Å²) in [7, 11) is 0. The van der Waals surface area contributed by atoms with E-state index in [4.69, 9.17) is 10.2 Å². The molecular formula is C19H17F3O5. The molecule has 1 atom stereocenters. The maximum absolute atomic E-state index is 12.8. The molecule has 27 heavy (non-hydrogen) atoms. The molecule has 0 bridgehead atoms. The SMILES string of the molecule is O=C(O)CC(O)(CCc1ccc(-c2cccc(C(F)(F)F)c2)cc1)C(=O)O. The average molecular weight is 382 g/mol. The molecule has 0 spiro atoms. The minimum Gasteiger partial charge on any atom is -0.481 e. The highest BCUT2D eigenvalue weighted by molar-refractivity contribution is 5.83. The molecule has 2 aromatic rings. The number of benzene rings is 2. The van der Waals surface area contributed by atoms with Crippen molar-refractivity contribution in [3.8, 4) is 11.1 Å². The molecule has 0 saturated carbocycles. The monoisotopic (exact) mass is 382 g/mol. The molecular weight excluding hydrogens is 365 g/mol. The van der Waals surface area contributed by atoms with Crippen molar-refractivity contribution in [2.75, 3.05) is 0 Å². The summed E-state index contributed by atoms with van der Waals surface area (Å²) < 4.78 is 38.4. The van der Waals surface area contributed by atoms with Gasteiger partial charge in [0.1, 0.15) is 0 Å². The Hall–Kier alpha value is -2.87. The maximum Gasteiger partial charge on any atom is 0.416 e. The maximum atomic E-state index is 12.8. The Morgan fingerprint density at radius 1 is 0.926 bits per heavy atom. The van der Waals surface area contributed by atoms with Crippen LogP contribution in [0.3, 0.4) is 0 Å². The van der Waals surface area contributed by atoms with Gasteiger partial charge in [-0.15, -0.1) is 0 Å². The number of aliphatic hydroxyl groups is 1. The molecule has 0 amide bonds. The number of alkyl halides is 3. The third-order valence-corrected chi connectivity index (χ3v) is 4.15. The molecule has 2 aromatic carbocycles. The fourth-order valence-electron chi connectivity index (χ4n) is 2.61. The van der Waals surface area contributed by atoms with E-state index in [9.17, 15) is 27.9 Å². The van der Waals surface area contributed by atoms with Gasteiger partial charge < -0.3 is 15.3 Å². The van der Waals surface area contributed by atoms with Gasteiger partial charge >= 0.3 is 18.1 Å². The first-order valence-electron chi connectivity index (χ1n) is 7.95. The van der Waals surface area contributed by atoms with E-state index in [2.05, 4.69) is 0 Å². The van der Waals surface area contributed by atoms with Crippen LogP contribution < -0.4 is 0 Å². The van der Waals surface area contributed by atoms with Gasteiger partial charge in [0, 0.05) is 0 Å². The van der Waals surface area contributed by atoms with Crippen molar-refractivity contribution in [2.24, 2.45) is 0 Å². The van der Waals surface area contributed by atoms with Crippen LogP contribution in [0.25, 0.3) is 11.1 Å². The van der Waals surface area contributed by atoms with Crippen molar-refractivity contribution in [3.63, 3.8) is 0 Å². The molecule has 144 valence electrons. The molecule has 0 aliphatic heterocycles. The van der Waals surface area contributed by atoms with Crippen molar-refractivity contribution >= 4 is 11.9 Å². The number of carboxylic acid groups (broad SMARTS) is 2. The van der Waals surface area contributed by atoms with Crippen molar-refractivity contribution in [1.82, 2.24) is 0 Å². The summed E-state index contributed by atoms with van der Waals surface area (Å²) >= 11 is 0. The molecule has 0 aromatic heterocycles. The first-order chi connectivity index (χ1) is 12.5. The lowest BCUT2D eigenvalue weighted by Gasteiger charge is -2.21. The lowest BCUT2D eigenvalue weighted by atomic mass is 9.91. The summed E-state index contributed by atoms with van der Waals surface area (Å²) in [6.07, 6.45) is -5.58. The van der Waals surface area contributed by atoms with E-state index in [0.29, 0.717) is 16.7 Å². The molecule has 1 unspecified atom stereocenters. The summed E-state index contributed by atoms with van der Waals surface area (Å²) in [4.78, 5) is 21.9. The molecule has 0 saturated heterocycles. The first kappa shape index (κ1) is 20.4. The molecule has 0 radical (unpaired) electrons. The normalized spacial score (nSPS) is 13.8. The number of hydrogen-bond donors (Lipinski definition) is 3. The van der Waals surface area contributed by atoms with Crippen LogP contribution in [-0.4, -0.2) is 32.9 Å². The van der Waals surface area contributed by atoms with E-state index in [-0.39, 0.29) is 12.8 Å². The Morgan fingerprint density at radius 3 is 2.07 bits per heavy atom. The van der Waals surface area contributed by atoms with Gasteiger partial charge in [-0.3, -0.25) is 4.79 Å². The van der Waals surface area contributed by atoms with Crippen molar-refractivity contribution in [2.45, 2.75) is 31.0 Å². The Balaban J connectivity index is 2.14. The predicted octanol–water partition coefficient (Wildman–Crippen LogP) is 3.60. The highest BCUT2D eigenvalue weighted by Gasteiger charge is 2.38. The van der Waals surface area contributed by atoms with Crippen LogP contribution in [0, 0.1) is 0 Å². The number of carboxylic acids is 2. The molecule has 0 fully saturated rings. The van der Waals surface area contributed by atoms with E-state index in [1.165, 1.54) is 6.07 Å². The molecule has 3 N–H and O–H groups in total.